The average Bonchev–Trinajstić information content (AvgIpc) is 3.22. The number of benzene rings is 1. The first-order valence-electron chi connectivity index (χ1n) is 8.27. The number of hydrogen-bond donors (Lipinski definition) is 0. The lowest BCUT2D eigenvalue weighted by molar-refractivity contribution is -0.120. The van der Waals surface area contributed by atoms with Gasteiger partial charge in [-0.05, 0) is 60.4 Å². The number of aromatic nitrogens is 1. The van der Waals surface area contributed by atoms with Crippen molar-refractivity contribution >= 4 is 34.5 Å². The molecule has 0 bridgehead atoms. The average molecular weight is 369 g/mol. The summed E-state index contributed by atoms with van der Waals surface area (Å²) >= 11 is 7.55. The zero-order valence-electron chi connectivity index (χ0n) is 13.6. The molecule has 1 amide bonds. The fourth-order valence-electron chi connectivity index (χ4n) is 3.27. The normalized spacial score (nSPS) is 17.2. The van der Waals surface area contributed by atoms with Gasteiger partial charge in [0.2, 0.25) is 5.91 Å². The van der Waals surface area contributed by atoms with Crippen molar-refractivity contribution in [3.8, 4) is 11.1 Å². The second kappa shape index (κ2) is 6.98. The van der Waals surface area contributed by atoms with Crippen LogP contribution in [0.3, 0.4) is 0 Å². The van der Waals surface area contributed by atoms with Gasteiger partial charge in [0, 0.05) is 35.4 Å². The van der Waals surface area contributed by atoms with Gasteiger partial charge in [0.15, 0.2) is 0 Å². The quantitative estimate of drug-likeness (QED) is 0.645. The second-order valence-corrected chi connectivity index (χ2v) is 7.97. The first-order chi connectivity index (χ1) is 12.2. The molecule has 1 fully saturated rings. The van der Waals surface area contributed by atoms with E-state index in [0.717, 1.165) is 40.5 Å². The maximum atomic E-state index is 12.8. The topological polar surface area (TPSA) is 33.2 Å². The minimum absolute atomic E-state index is 0.0505. The fraction of sp³-hybridized carbons (Fsp3) is 0.200. The Morgan fingerprint density at radius 3 is 2.44 bits per heavy atom. The molecule has 3 aromatic rings. The van der Waals surface area contributed by atoms with Crippen molar-refractivity contribution in [2.75, 3.05) is 11.4 Å². The highest BCUT2D eigenvalue weighted by Gasteiger charge is 2.32. The number of carbonyl (C=O) groups is 1. The number of carbonyl (C=O) groups excluding carboxylic acids is 1. The Morgan fingerprint density at radius 1 is 1.04 bits per heavy atom. The van der Waals surface area contributed by atoms with Gasteiger partial charge in [-0.3, -0.25) is 9.78 Å². The van der Waals surface area contributed by atoms with Crippen LogP contribution in [0.4, 0.5) is 5.69 Å². The number of nitrogens with zero attached hydrogens (tertiary/aromatic N) is 2. The molecule has 5 heteroatoms. The molecule has 25 heavy (non-hydrogen) atoms. The highest BCUT2D eigenvalue weighted by molar-refractivity contribution is 7.16. The van der Waals surface area contributed by atoms with Crippen LogP contribution in [0.1, 0.15) is 11.3 Å². The summed E-state index contributed by atoms with van der Waals surface area (Å²) < 4.78 is 0.781. The SMILES string of the molecule is O=C1C(Cc2ccc(Cl)s2)CCN1c1ccc(-c2ccncc2)cc1. The Balaban J connectivity index is 1.48. The van der Waals surface area contributed by atoms with Gasteiger partial charge in [-0.25, -0.2) is 0 Å². The lowest BCUT2D eigenvalue weighted by atomic mass is 10.0. The molecule has 1 aromatic carbocycles. The zero-order valence-corrected chi connectivity index (χ0v) is 15.1. The lowest BCUT2D eigenvalue weighted by Crippen LogP contribution is -2.27. The first-order valence-corrected chi connectivity index (χ1v) is 9.46. The van der Waals surface area contributed by atoms with E-state index in [-0.39, 0.29) is 11.8 Å². The Labute approximate surface area is 155 Å². The van der Waals surface area contributed by atoms with Crippen LogP contribution in [-0.2, 0) is 11.2 Å². The van der Waals surface area contributed by atoms with Crippen molar-refractivity contribution in [3.05, 3.63) is 70.1 Å². The summed E-state index contributed by atoms with van der Waals surface area (Å²) in [6.45, 7) is 0.775. The Morgan fingerprint density at radius 2 is 1.76 bits per heavy atom. The zero-order chi connectivity index (χ0) is 17.2. The molecule has 1 saturated heterocycles. The number of anilines is 1. The lowest BCUT2D eigenvalue weighted by Gasteiger charge is -2.17. The maximum absolute atomic E-state index is 12.8. The van der Waals surface area contributed by atoms with E-state index in [9.17, 15) is 4.79 Å². The van der Waals surface area contributed by atoms with Crippen LogP contribution < -0.4 is 4.90 Å². The molecule has 4 rings (SSSR count). The van der Waals surface area contributed by atoms with Crippen LogP contribution in [-0.4, -0.2) is 17.4 Å². The standard InChI is InChI=1S/C20H17ClN2OS/c21-19-6-5-18(25-19)13-16-9-12-23(20(16)24)17-3-1-14(2-4-17)15-7-10-22-11-8-15/h1-8,10-11,16H,9,12-13H2. The minimum atomic E-state index is 0.0505. The molecule has 0 aliphatic carbocycles. The Bertz CT molecular complexity index is 876. The first kappa shape index (κ1) is 16.3. The number of pyridine rings is 1. The van der Waals surface area contributed by atoms with Gasteiger partial charge in [0.05, 0.1) is 4.34 Å². The summed E-state index contributed by atoms with van der Waals surface area (Å²) in [7, 11) is 0. The molecular weight excluding hydrogens is 352 g/mol. The van der Waals surface area contributed by atoms with E-state index in [1.54, 1.807) is 23.7 Å². The van der Waals surface area contributed by atoms with Crippen molar-refractivity contribution in [3.63, 3.8) is 0 Å². The van der Waals surface area contributed by atoms with E-state index in [1.165, 1.54) is 4.88 Å². The van der Waals surface area contributed by atoms with Gasteiger partial charge < -0.3 is 4.90 Å². The van der Waals surface area contributed by atoms with Crippen LogP contribution >= 0.6 is 22.9 Å². The molecule has 3 heterocycles. The van der Waals surface area contributed by atoms with E-state index in [2.05, 4.69) is 17.1 Å². The fourth-order valence-corrected chi connectivity index (χ4v) is 4.43. The summed E-state index contributed by atoms with van der Waals surface area (Å²) in [6, 6.07) is 16.1. The van der Waals surface area contributed by atoms with Crippen LogP contribution in [0.15, 0.2) is 60.9 Å². The van der Waals surface area contributed by atoms with Crippen LogP contribution in [0.5, 0.6) is 0 Å². The molecule has 1 aliphatic heterocycles. The largest absolute Gasteiger partial charge is 0.312 e. The highest BCUT2D eigenvalue weighted by atomic mass is 35.5. The molecule has 1 aliphatic rings. The Kier molecular flexibility index (Phi) is 4.55. The summed E-state index contributed by atoms with van der Waals surface area (Å²) in [6.07, 6.45) is 5.24. The number of halogens is 1. The third-order valence-electron chi connectivity index (χ3n) is 4.59. The molecule has 0 N–H and O–H groups in total. The molecule has 1 unspecified atom stereocenters. The summed E-state index contributed by atoms with van der Waals surface area (Å²) in [5.41, 5.74) is 3.22. The van der Waals surface area contributed by atoms with Gasteiger partial charge in [-0.2, -0.15) is 0 Å². The van der Waals surface area contributed by atoms with Crippen LogP contribution in [0, 0.1) is 5.92 Å². The molecule has 126 valence electrons. The smallest absolute Gasteiger partial charge is 0.230 e. The third kappa shape index (κ3) is 3.46. The van der Waals surface area contributed by atoms with Gasteiger partial charge in [0.25, 0.3) is 0 Å². The third-order valence-corrected chi connectivity index (χ3v) is 5.84. The molecule has 3 nitrogen and oxygen atoms in total. The molecule has 2 aromatic heterocycles. The van der Waals surface area contributed by atoms with E-state index in [4.69, 9.17) is 11.6 Å². The monoisotopic (exact) mass is 368 g/mol. The minimum Gasteiger partial charge on any atom is -0.312 e. The van der Waals surface area contributed by atoms with Crippen molar-refractivity contribution in [2.24, 2.45) is 5.92 Å². The Hall–Kier alpha value is -2.17. The molecule has 0 radical (unpaired) electrons. The predicted molar refractivity (Wildman–Crippen MR) is 103 cm³/mol. The molecule has 0 spiro atoms. The summed E-state index contributed by atoms with van der Waals surface area (Å²) in [5.74, 6) is 0.260. The maximum Gasteiger partial charge on any atom is 0.230 e. The second-order valence-electron chi connectivity index (χ2n) is 6.17. The number of thiophene rings is 1. The van der Waals surface area contributed by atoms with E-state index >= 15 is 0 Å². The van der Waals surface area contributed by atoms with Gasteiger partial charge >= 0.3 is 0 Å². The predicted octanol–water partition coefficient (Wildman–Crippen LogP) is 5.06. The van der Waals surface area contributed by atoms with E-state index < -0.39 is 0 Å². The van der Waals surface area contributed by atoms with Crippen molar-refractivity contribution < 1.29 is 4.79 Å². The molecule has 0 saturated carbocycles. The van der Waals surface area contributed by atoms with Crippen molar-refractivity contribution in [2.45, 2.75) is 12.8 Å². The molecule has 1 atom stereocenters. The number of rotatable bonds is 4. The summed E-state index contributed by atoms with van der Waals surface area (Å²) in [5, 5.41) is 0. The van der Waals surface area contributed by atoms with Crippen molar-refractivity contribution in [1.29, 1.82) is 0 Å². The summed E-state index contributed by atoms with van der Waals surface area (Å²) in [4.78, 5) is 19.9. The van der Waals surface area contributed by atoms with Gasteiger partial charge in [-0.1, -0.05) is 23.7 Å². The van der Waals surface area contributed by atoms with Gasteiger partial charge in [0.1, 0.15) is 0 Å². The van der Waals surface area contributed by atoms with E-state index in [0.29, 0.717) is 0 Å². The van der Waals surface area contributed by atoms with Gasteiger partial charge in [-0.15, -0.1) is 11.3 Å². The molecular formula is C20H17ClN2OS. The van der Waals surface area contributed by atoms with E-state index in [1.807, 2.05) is 41.3 Å². The number of hydrogen-bond acceptors (Lipinski definition) is 3. The van der Waals surface area contributed by atoms with Crippen LogP contribution in [0.2, 0.25) is 4.34 Å². The van der Waals surface area contributed by atoms with Crippen molar-refractivity contribution in [1.82, 2.24) is 4.98 Å². The highest BCUT2D eigenvalue weighted by Crippen LogP contribution is 2.31. The van der Waals surface area contributed by atoms with Crippen LogP contribution in [0.25, 0.3) is 11.1 Å². The number of amides is 1.